The van der Waals surface area contributed by atoms with Crippen molar-refractivity contribution in [3.8, 4) is 5.75 Å². The molecule has 0 saturated heterocycles. The topological polar surface area (TPSA) is 68.4 Å². The van der Waals surface area contributed by atoms with Crippen LogP contribution < -0.4 is 4.74 Å². The summed E-state index contributed by atoms with van der Waals surface area (Å²) in [5.41, 5.74) is 2.21. The smallest absolute Gasteiger partial charge is 0.344 e. The Balaban J connectivity index is 1.58. The Morgan fingerprint density at radius 1 is 1.04 bits per heavy atom. The minimum Gasteiger partial charge on any atom is -0.482 e. The summed E-state index contributed by atoms with van der Waals surface area (Å²) in [5, 5.41) is 1.14. The average Bonchev–Trinajstić information content (AvgIpc) is 3.06. The SMILES string of the molecule is CC(C)(C)OC(=O)COc1cccc(C(=O)CCc2c[nH]c3ccccc23)c1. The van der Waals surface area contributed by atoms with Crippen LogP contribution in [0.1, 0.15) is 43.1 Å². The van der Waals surface area contributed by atoms with Crippen molar-refractivity contribution in [2.24, 2.45) is 0 Å². The molecule has 1 aromatic heterocycles. The molecule has 0 aliphatic rings. The molecule has 3 rings (SSSR count). The summed E-state index contributed by atoms with van der Waals surface area (Å²) in [5.74, 6) is 0.0698. The number of esters is 1. The number of nitrogens with one attached hydrogen (secondary N) is 1. The normalized spacial score (nSPS) is 11.4. The number of ketones is 1. The molecule has 0 amide bonds. The number of H-pyrrole nitrogens is 1. The monoisotopic (exact) mass is 379 g/mol. The van der Waals surface area contributed by atoms with E-state index in [9.17, 15) is 9.59 Å². The van der Waals surface area contributed by atoms with Crippen LogP contribution in [0, 0.1) is 0 Å². The number of aromatic amines is 1. The highest BCUT2D eigenvalue weighted by Gasteiger charge is 2.17. The molecule has 0 bridgehead atoms. The molecule has 3 aromatic rings. The molecule has 0 unspecified atom stereocenters. The van der Waals surface area contributed by atoms with Crippen LogP contribution in [0.3, 0.4) is 0 Å². The van der Waals surface area contributed by atoms with Crippen molar-refractivity contribution in [2.45, 2.75) is 39.2 Å². The maximum Gasteiger partial charge on any atom is 0.344 e. The number of aromatic nitrogens is 1. The predicted octanol–water partition coefficient (Wildman–Crippen LogP) is 4.70. The van der Waals surface area contributed by atoms with Crippen LogP contribution in [0.5, 0.6) is 5.75 Å². The Morgan fingerprint density at radius 3 is 2.61 bits per heavy atom. The first-order chi connectivity index (χ1) is 13.3. The number of aryl methyl sites for hydroxylation is 1. The zero-order valence-corrected chi connectivity index (χ0v) is 16.5. The maximum absolute atomic E-state index is 12.6. The van der Waals surface area contributed by atoms with Crippen molar-refractivity contribution in [3.05, 3.63) is 65.9 Å². The van der Waals surface area contributed by atoms with Crippen molar-refractivity contribution < 1.29 is 19.1 Å². The zero-order valence-electron chi connectivity index (χ0n) is 16.5. The van der Waals surface area contributed by atoms with E-state index in [1.165, 1.54) is 0 Å². The van der Waals surface area contributed by atoms with Gasteiger partial charge in [0, 0.05) is 29.1 Å². The van der Waals surface area contributed by atoms with E-state index in [4.69, 9.17) is 9.47 Å². The second kappa shape index (κ2) is 8.30. The van der Waals surface area contributed by atoms with Crippen LogP contribution in [0.25, 0.3) is 10.9 Å². The molecule has 2 aromatic carbocycles. The van der Waals surface area contributed by atoms with E-state index in [-0.39, 0.29) is 12.4 Å². The Morgan fingerprint density at radius 2 is 1.82 bits per heavy atom. The van der Waals surface area contributed by atoms with Crippen molar-refractivity contribution >= 4 is 22.7 Å². The van der Waals surface area contributed by atoms with E-state index >= 15 is 0 Å². The van der Waals surface area contributed by atoms with Gasteiger partial charge < -0.3 is 14.5 Å². The zero-order chi connectivity index (χ0) is 20.1. The van der Waals surface area contributed by atoms with Gasteiger partial charge in [0.1, 0.15) is 11.4 Å². The third-order valence-corrected chi connectivity index (χ3v) is 4.23. The van der Waals surface area contributed by atoms with E-state index in [1.807, 2.05) is 24.4 Å². The van der Waals surface area contributed by atoms with Crippen LogP contribution in [0.2, 0.25) is 0 Å². The molecule has 0 aliphatic carbocycles. The van der Waals surface area contributed by atoms with Gasteiger partial charge in [-0.1, -0.05) is 30.3 Å². The molecule has 146 valence electrons. The quantitative estimate of drug-likeness (QED) is 0.477. The van der Waals surface area contributed by atoms with Gasteiger partial charge in [0.25, 0.3) is 0 Å². The van der Waals surface area contributed by atoms with Crippen LogP contribution >= 0.6 is 0 Å². The van der Waals surface area contributed by atoms with Crippen molar-refractivity contribution in [2.75, 3.05) is 6.61 Å². The second-order valence-corrected chi connectivity index (χ2v) is 7.69. The Labute approximate surface area is 164 Å². The van der Waals surface area contributed by atoms with Crippen molar-refractivity contribution in [1.29, 1.82) is 0 Å². The molecule has 5 heteroatoms. The van der Waals surface area contributed by atoms with Crippen LogP contribution in [-0.4, -0.2) is 28.9 Å². The second-order valence-electron chi connectivity index (χ2n) is 7.69. The number of carbonyl (C=O) groups excluding carboxylic acids is 2. The minimum atomic E-state index is -0.555. The third-order valence-electron chi connectivity index (χ3n) is 4.23. The van der Waals surface area contributed by atoms with Gasteiger partial charge in [0.05, 0.1) is 0 Å². The summed E-state index contributed by atoms with van der Waals surface area (Å²) in [7, 11) is 0. The fraction of sp³-hybridized carbons (Fsp3) is 0.304. The maximum atomic E-state index is 12.6. The highest BCUT2D eigenvalue weighted by atomic mass is 16.6. The number of Topliss-reactive ketones (excluding diaryl/α,β-unsaturated/α-hetero) is 1. The Kier molecular flexibility index (Phi) is 5.83. The summed E-state index contributed by atoms with van der Waals surface area (Å²) < 4.78 is 10.7. The van der Waals surface area contributed by atoms with Crippen molar-refractivity contribution in [3.63, 3.8) is 0 Å². The molecular weight excluding hydrogens is 354 g/mol. The first kappa shape index (κ1) is 19.7. The fourth-order valence-corrected chi connectivity index (χ4v) is 3.00. The highest BCUT2D eigenvalue weighted by molar-refractivity contribution is 5.97. The van der Waals surface area contributed by atoms with E-state index in [2.05, 4.69) is 11.1 Å². The number of carbonyl (C=O) groups is 2. The molecule has 0 fully saturated rings. The highest BCUT2D eigenvalue weighted by Crippen LogP contribution is 2.21. The number of fused-ring (bicyclic) bond motifs is 1. The molecule has 28 heavy (non-hydrogen) atoms. The number of para-hydroxylation sites is 1. The van der Waals surface area contributed by atoms with E-state index in [1.54, 1.807) is 45.0 Å². The van der Waals surface area contributed by atoms with E-state index in [0.29, 0.717) is 24.2 Å². The molecule has 0 aliphatic heterocycles. The average molecular weight is 379 g/mol. The summed E-state index contributed by atoms with van der Waals surface area (Å²) >= 11 is 0. The molecular formula is C23H25NO4. The molecule has 0 radical (unpaired) electrons. The standard InChI is InChI=1S/C23H25NO4/c1-23(2,3)28-22(26)15-27-18-8-6-7-16(13-18)21(25)12-11-17-14-24-20-10-5-4-9-19(17)20/h4-10,13-14,24H,11-12,15H2,1-3H3. The fourth-order valence-electron chi connectivity index (χ4n) is 3.00. The van der Waals surface area contributed by atoms with E-state index < -0.39 is 11.6 Å². The largest absolute Gasteiger partial charge is 0.482 e. The summed E-state index contributed by atoms with van der Waals surface area (Å²) in [4.78, 5) is 27.6. The number of benzene rings is 2. The van der Waals surface area contributed by atoms with Gasteiger partial charge in [-0.3, -0.25) is 4.79 Å². The number of hydrogen-bond donors (Lipinski definition) is 1. The lowest BCUT2D eigenvalue weighted by Gasteiger charge is -2.19. The first-order valence-corrected chi connectivity index (χ1v) is 9.35. The Bertz CT molecular complexity index is 981. The van der Waals surface area contributed by atoms with Gasteiger partial charge in [-0.15, -0.1) is 0 Å². The number of rotatable bonds is 7. The van der Waals surface area contributed by atoms with Gasteiger partial charge in [-0.05, 0) is 51.0 Å². The molecule has 5 nitrogen and oxygen atoms in total. The molecule has 0 atom stereocenters. The van der Waals surface area contributed by atoms with Gasteiger partial charge in [0.2, 0.25) is 0 Å². The van der Waals surface area contributed by atoms with Gasteiger partial charge >= 0.3 is 5.97 Å². The summed E-state index contributed by atoms with van der Waals surface area (Å²) in [6, 6.07) is 15.0. The first-order valence-electron chi connectivity index (χ1n) is 9.35. The van der Waals surface area contributed by atoms with Crippen LogP contribution in [0.15, 0.2) is 54.7 Å². The van der Waals surface area contributed by atoms with E-state index in [0.717, 1.165) is 16.5 Å². The third kappa shape index (κ3) is 5.22. The lowest BCUT2D eigenvalue weighted by Crippen LogP contribution is -2.27. The predicted molar refractivity (Wildman–Crippen MR) is 109 cm³/mol. The summed E-state index contributed by atoms with van der Waals surface area (Å²) in [6.07, 6.45) is 3.02. The van der Waals surface area contributed by atoms with Gasteiger partial charge in [0.15, 0.2) is 12.4 Å². The molecule has 1 N–H and O–H groups in total. The molecule has 0 saturated carbocycles. The van der Waals surface area contributed by atoms with Crippen LogP contribution in [0.4, 0.5) is 0 Å². The van der Waals surface area contributed by atoms with Gasteiger partial charge in [-0.25, -0.2) is 4.79 Å². The summed E-state index contributed by atoms with van der Waals surface area (Å²) in [6.45, 7) is 5.22. The Hall–Kier alpha value is -3.08. The minimum absolute atomic E-state index is 0.0352. The van der Waals surface area contributed by atoms with Gasteiger partial charge in [-0.2, -0.15) is 0 Å². The van der Waals surface area contributed by atoms with Crippen molar-refractivity contribution in [1.82, 2.24) is 4.98 Å². The molecule has 0 spiro atoms. The number of ether oxygens (including phenoxy) is 2. The molecule has 1 heterocycles. The lowest BCUT2D eigenvalue weighted by atomic mass is 10.0. The van der Waals surface area contributed by atoms with Crippen LogP contribution in [-0.2, 0) is 16.0 Å². The lowest BCUT2D eigenvalue weighted by molar-refractivity contribution is -0.157. The number of hydrogen-bond acceptors (Lipinski definition) is 4.